The van der Waals surface area contributed by atoms with Gasteiger partial charge in [-0.2, -0.15) is 0 Å². The van der Waals surface area contributed by atoms with Crippen molar-refractivity contribution < 1.29 is 19.1 Å². The molecule has 0 aliphatic rings. The molecule has 2 N–H and O–H groups in total. The third-order valence-corrected chi connectivity index (χ3v) is 4.01. The van der Waals surface area contributed by atoms with Crippen LogP contribution in [0, 0.1) is 0 Å². The van der Waals surface area contributed by atoms with E-state index in [1.165, 1.54) is 32.4 Å². The molecular weight excluding hydrogens is 367 g/mol. The van der Waals surface area contributed by atoms with E-state index in [1.54, 1.807) is 18.2 Å². The lowest BCUT2D eigenvalue weighted by Crippen LogP contribution is -2.32. The van der Waals surface area contributed by atoms with Crippen LogP contribution >= 0.6 is 23.2 Å². The number of carbonyl (C=O) groups is 2. The summed E-state index contributed by atoms with van der Waals surface area (Å²) in [6.45, 7) is -0.223. The second-order valence-electron chi connectivity index (χ2n) is 4.93. The maximum Gasteiger partial charge on any atom is 0.251 e. The van der Waals surface area contributed by atoms with Crippen LogP contribution in [-0.2, 0) is 4.79 Å². The lowest BCUT2D eigenvalue weighted by Gasteiger charge is -2.12. The highest BCUT2D eigenvalue weighted by Crippen LogP contribution is 2.28. The van der Waals surface area contributed by atoms with Crippen LogP contribution in [0.25, 0.3) is 0 Å². The number of carbonyl (C=O) groups excluding carboxylic acids is 2. The van der Waals surface area contributed by atoms with Gasteiger partial charge in [-0.25, -0.2) is 0 Å². The first-order valence-electron chi connectivity index (χ1n) is 7.19. The summed E-state index contributed by atoms with van der Waals surface area (Å²) in [5, 5.41) is 5.78. The van der Waals surface area contributed by atoms with Gasteiger partial charge in [-0.15, -0.1) is 0 Å². The molecule has 0 spiro atoms. The fourth-order valence-electron chi connectivity index (χ4n) is 2.01. The van der Waals surface area contributed by atoms with Gasteiger partial charge in [-0.05, 0) is 30.3 Å². The predicted molar refractivity (Wildman–Crippen MR) is 97.0 cm³/mol. The van der Waals surface area contributed by atoms with Crippen molar-refractivity contribution in [1.82, 2.24) is 5.32 Å². The van der Waals surface area contributed by atoms with Gasteiger partial charge in [0.25, 0.3) is 5.91 Å². The first-order valence-corrected chi connectivity index (χ1v) is 7.95. The van der Waals surface area contributed by atoms with Crippen LogP contribution < -0.4 is 20.1 Å². The maximum atomic E-state index is 12.1. The standard InChI is InChI=1S/C17H16Cl2N2O4/c1-24-11-4-6-15(25-2)14(8-11)21-16(22)9-20-17(23)10-3-5-12(18)13(19)7-10/h3-8H,9H2,1-2H3,(H,20,23)(H,21,22). The number of halogens is 2. The second-order valence-corrected chi connectivity index (χ2v) is 5.74. The smallest absolute Gasteiger partial charge is 0.251 e. The molecule has 132 valence electrons. The third-order valence-electron chi connectivity index (χ3n) is 3.27. The number of amides is 2. The predicted octanol–water partition coefficient (Wildman–Crippen LogP) is 3.38. The van der Waals surface area contributed by atoms with Crippen LogP contribution in [0.1, 0.15) is 10.4 Å². The van der Waals surface area contributed by atoms with E-state index in [0.29, 0.717) is 27.8 Å². The van der Waals surface area contributed by atoms with Crippen LogP contribution in [0.4, 0.5) is 5.69 Å². The molecule has 2 aromatic carbocycles. The molecule has 0 atom stereocenters. The molecule has 0 fully saturated rings. The third kappa shape index (κ3) is 5.01. The summed E-state index contributed by atoms with van der Waals surface area (Å²) in [6.07, 6.45) is 0. The highest BCUT2D eigenvalue weighted by atomic mass is 35.5. The summed E-state index contributed by atoms with van der Waals surface area (Å²) in [5.74, 6) is 0.187. The first-order chi connectivity index (χ1) is 11.9. The van der Waals surface area contributed by atoms with Gasteiger partial charge < -0.3 is 20.1 Å². The van der Waals surface area contributed by atoms with Crippen molar-refractivity contribution in [2.45, 2.75) is 0 Å². The maximum absolute atomic E-state index is 12.1. The number of rotatable bonds is 6. The van der Waals surface area contributed by atoms with E-state index in [9.17, 15) is 9.59 Å². The average Bonchev–Trinajstić information content (AvgIpc) is 2.61. The molecule has 6 nitrogen and oxygen atoms in total. The van der Waals surface area contributed by atoms with Crippen molar-refractivity contribution in [1.29, 1.82) is 0 Å². The number of hydrogen-bond acceptors (Lipinski definition) is 4. The molecule has 2 rings (SSSR count). The minimum absolute atomic E-state index is 0.223. The highest BCUT2D eigenvalue weighted by Gasteiger charge is 2.12. The monoisotopic (exact) mass is 382 g/mol. The lowest BCUT2D eigenvalue weighted by molar-refractivity contribution is -0.115. The van der Waals surface area contributed by atoms with Crippen LogP contribution in [-0.4, -0.2) is 32.6 Å². The van der Waals surface area contributed by atoms with Gasteiger partial charge >= 0.3 is 0 Å². The van der Waals surface area contributed by atoms with Gasteiger partial charge in [0.1, 0.15) is 11.5 Å². The summed E-state index contributed by atoms with van der Waals surface area (Å²) < 4.78 is 10.3. The Labute approximate surface area is 155 Å². The zero-order valence-corrected chi connectivity index (χ0v) is 15.1. The summed E-state index contributed by atoms with van der Waals surface area (Å²) in [4.78, 5) is 24.1. The zero-order valence-electron chi connectivity index (χ0n) is 13.6. The fourth-order valence-corrected chi connectivity index (χ4v) is 2.30. The number of anilines is 1. The molecule has 2 amide bonds. The van der Waals surface area contributed by atoms with Gasteiger partial charge in [-0.3, -0.25) is 9.59 Å². The SMILES string of the molecule is COc1ccc(OC)c(NC(=O)CNC(=O)c2ccc(Cl)c(Cl)c2)c1. The molecule has 0 aliphatic carbocycles. The number of methoxy groups -OCH3 is 2. The molecule has 0 saturated heterocycles. The van der Waals surface area contributed by atoms with Gasteiger partial charge in [0.2, 0.25) is 5.91 Å². The Morgan fingerprint density at radius 1 is 1.00 bits per heavy atom. The Balaban J connectivity index is 1.98. The molecular formula is C17H16Cl2N2O4. The summed E-state index contributed by atoms with van der Waals surface area (Å²) >= 11 is 11.7. The number of ether oxygens (including phenoxy) is 2. The van der Waals surface area contributed by atoms with Crippen LogP contribution in [0.5, 0.6) is 11.5 Å². The average molecular weight is 383 g/mol. The van der Waals surface area contributed by atoms with E-state index >= 15 is 0 Å². The molecule has 0 aromatic heterocycles. The van der Waals surface area contributed by atoms with E-state index in [2.05, 4.69) is 10.6 Å². The van der Waals surface area contributed by atoms with Gasteiger partial charge in [0.15, 0.2) is 0 Å². The molecule has 0 saturated carbocycles. The molecule has 0 radical (unpaired) electrons. The van der Waals surface area contributed by atoms with Gasteiger partial charge in [0.05, 0.1) is 36.5 Å². The van der Waals surface area contributed by atoms with E-state index in [-0.39, 0.29) is 11.6 Å². The van der Waals surface area contributed by atoms with E-state index in [1.807, 2.05) is 0 Å². The molecule has 0 bridgehead atoms. The van der Waals surface area contributed by atoms with E-state index in [4.69, 9.17) is 32.7 Å². The number of benzene rings is 2. The topological polar surface area (TPSA) is 76.7 Å². The minimum atomic E-state index is -0.439. The minimum Gasteiger partial charge on any atom is -0.497 e. The van der Waals surface area contributed by atoms with Crippen LogP contribution in [0.3, 0.4) is 0 Å². The molecule has 25 heavy (non-hydrogen) atoms. The van der Waals surface area contributed by atoms with Crippen molar-refractivity contribution in [2.75, 3.05) is 26.1 Å². The molecule has 8 heteroatoms. The van der Waals surface area contributed by atoms with Crippen molar-refractivity contribution >= 4 is 40.7 Å². The van der Waals surface area contributed by atoms with Crippen molar-refractivity contribution in [3.05, 3.63) is 52.0 Å². The second kappa shape index (κ2) is 8.60. The molecule has 0 heterocycles. The Hall–Kier alpha value is -2.44. The highest BCUT2D eigenvalue weighted by molar-refractivity contribution is 6.42. The number of nitrogens with one attached hydrogen (secondary N) is 2. The molecule has 0 unspecified atom stereocenters. The largest absolute Gasteiger partial charge is 0.497 e. The Morgan fingerprint density at radius 3 is 2.40 bits per heavy atom. The van der Waals surface area contributed by atoms with Gasteiger partial charge in [0, 0.05) is 11.6 Å². The molecule has 2 aromatic rings. The quantitative estimate of drug-likeness (QED) is 0.802. The summed E-state index contributed by atoms with van der Waals surface area (Å²) in [6, 6.07) is 9.47. The van der Waals surface area contributed by atoms with E-state index < -0.39 is 11.8 Å². The fraction of sp³-hybridized carbons (Fsp3) is 0.176. The van der Waals surface area contributed by atoms with Crippen LogP contribution in [0.2, 0.25) is 10.0 Å². The van der Waals surface area contributed by atoms with Gasteiger partial charge in [-0.1, -0.05) is 23.2 Å². The summed E-state index contributed by atoms with van der Waals surface area (Å²) in [5.41, 5.74) is 0.747. The summed E-state index contributed by atoms with van der Waals surface area (Å²) in [7, 11) is 3.01. The normalized spacial score (nSPS) is 10.1. The van der Waals surface area contributed by atoms with Crippen LogP contribution in [0.15, 0.2) is 36.4 Å². The molecule has 0 aliphatic heterocycles. The Morgan fingerprint density at radius 2 is 1.76 bits per heavy atom. The zero-order chi connectivity index (χ0) is 18.4. The number of hydrogen-bond donors (Lipinski definition) is 2. The van der Waals surface area contributed by atoms with E-state index in [0.717, 1.165) is 0 Å². The Bertz CT molecular complexity index is 796. The van der Waals surface area contributed by atoms with Crippen molar-refractivity contribution in [3.8, 4) is 11.5 Å². The van der Waals surface area contributed by atoms with Crippen molar-refractivity contribution in [3.63, 3.8) is 0 Å². The first kappa shape index (κ1) is 18.9. The Kier molecular flexibility index (Phi) is 6.50. The van der Waals surface area contributed by atoms with Crippen molar-refractivity contribution in [2.24, 2.45) is 0 Å². The lowest BCUT2D eigenvalue weighted by atomic mass is 10.2.